The van der Waals surface area contributed by atoms with Crippen LogP contribution in [-0.2, 0) is 0 Å². The molecule has 1 heterocycles. The zero-order valence-corrected chi connectivity index (χ0v) is 11.1. The lowest BCUT2D eigenvalue weighted by molar-refractivity contribution is -0.384. The third kappa shape index (κ3) is 3.10. The maximum absolute atomic E-state index is 10.6. The molecular weight excluding hydrogens is 293 g/mol. The van der Waals surface area contributed by atoms with Gasteiger partial charge in [0.25, 0.3) is 5.69 Å². The summed E-state index contributed by atoms with van der Waals surface area (Å²) in [4.78, 5) is 17.8. The second kappa shape index (κ2) is 5.38. The quantitative estimate of drug-likeness (QED) is 0.489. The second-order valence-electron chi connectivity index (χ2n) is 3.60. The van der Waals surface area contributed by atoms with Gasteiger partial charge in [0, 0.05) is 23.9 Å². The molecule has 0 N–H and O–H groups in total. The molecule has 0 bridgehead atoms. The molecule has 0 saturated heterocycles. The summed E-state index contributed by atoms with van der Waals surface area (Å²) in [6.07, 6.45) is 1.51. The van der Waals surface area contributed by atoms with Gasteiger partial charge in [0.05, 0.1) is 4.92 Å². The predicted octanol–water partition coefficient (Wildman–Crippen LogP) is 3.79. The summed E-state index contributed by atoms with van der Waals surface area (Å²) in [5, 5.41) is 10.7. The lowest BCUT2D eigenvalue weighted by Gasteiger charge is -2.07. The van der Waals surface area contributed by atoms with E-state index in [1.807, 2.05) is 0 Å². The van der Waals surface area contributed by atoms with Crippen molar-refractivity contribution in [1.82, 2.24) is 9.97 Å². The summed E-state index contributed by atoms with van der Waals surface area (Å²) in [6.45, 7) is 1.75. The Morgan fingerprint density at radius 1 is 1.37 bits per heavy atom. The average Bonchev–Trinajstić information content (AvgIpc) is 2.33. The van der Waals surface area contributed by atoms with E-state index in [2.05, 4.69) is 9.97 Å². The highest BCUT2D eigenvalue weighted by molar-refractivity contribution is 6.32. The molecular formula is C11H7Cl2N3O3. The molecule has 0 unspecified atom stereocenters. The fraction of sp³-hybridized carbons (Fsp3) is 0.0909. The van der Waals surface area contributed by atoms with Gasteiger partial charge in [-0.15, -0.1) is 0 Å². The molecule has 8 heteroatoms. The Labute approximate surface area is 118 Å². The highest BCUT2D eigenvalue weighted by atomic mass is 35.5. The molecule has 6 nitrogen and oxygen atoms in total. The van der Waals surface area contributed by atoms with E-state index in [4.69, 9.17) is 27.9 Å². The average molecular weight is 300 g/mol. The number of hydrogen-bond acceptors (Lipinski definition) is 5. The highest BCUT2D eigenvalue weighted by Gasteiger charge is 2.14. The molecule has 98 valence electrons. The Bertz CT molecular complexity index is 649. The molecule has 2 rings (SSSR count). The van der Waals surface area contributed by atoms with Gasteiger partial charge in [0.2, 0.25) is 11.2 Å². The smallest absolute Gasteiger partial charge is 0.288 e. The Kier molecular flexibility index (Phi) is 3.82. The number of aromatic nitrogens is 2. The van der Waals surface area contributed by atoms with Crippen LogP contribution < -0.4 is 4.74 Å². The van der Waals surface area contributed by atoms with Gasteiger partial charge in [-0.3, -0.25) is 10.1 Å². The second-order valence-corrected chi connectivity index (χ2v) is 4.34. The van der Waals surface area contributed by atoms with E-state index in [0.29, 0.717) is 11.3 Å². The van der Waals surface area contributed by atoms with E-state index in [-0.39, 0.29) is 21.9 Å². The van der Waals surface area contributed by atoms with Crippen LogP contribution in [0.3, 0.4) is 0 Å². The third-order valence-electron chi connectivity index (χ3n) is 2.23. The van der Waals surface area contributed by atoms with Crippen LogP contribution in [0.5, 0.6) is 11.6 Å². The number of rotatable bonds is 3. The number of halogens is 2. The van der Waals surface area contributed by atoms with Crippen LogP contribution in [0, 0.1) is 17.0 Å². The minimum atomic E-state index is -0.571. The van der Waals surface area contributed by atoms with Gasteiger partial charge >= 0.3 is 0 Å². The van der Waals surface area contributed by atoms with Crippen LogP contribution in [0.15, 0.2) is 24.4 Å². The normalized spacial score (nSPS) is 10.3. The minimum absolute atomic E-state index is 0.0136. The lowest BCUT2D eigenvalue weighted by atomic mass is 10.3. The van der Waals surface area contributed by atoms with E-state index in [9.17, 15) is 10.1 Å². The maximum Gasteiger partial charge on any atom is 0.288 e. The van der Waals surface area contributed by atoms with E-state index in [1.54, 1.807) is 6.92 Å². The van der Waals surface area contributed by atoms with Crippen LogP contribution in [0.25, 0.3) is 0 Å². The van der Waals surface area contributed by atoms with Crippen molar-refractivity contribution in [2.45, 2.75) is 6.92 Å². The monoisotopic (exact) mass is 299 g/mol. The number of nitrogens with zero attached hydrogens (tertiary/aromatic N) is 3. The number of hydrogen-bond donors (Lipinski definition) is 0. The molecule has 0 radical (unpaired) electrons. The first-order chi connectivity index (χ1) is 8.97. The fourth-order valence-corrected chi connectivity index (χ4v) is 1.69. The van der Waals surface area contributed by atoms with Crippen molar-refractivity contribution in [2.75, 3.05) is 0 Å². The summed E-state index contributed by atoms with van der Waals surface area (Å²) in [7, 11) is 0. The maximum atomic E-state index is 10.6. The molecule has 1 aromatic carbocycles. The number of ether oxygens (including phenoxy) is 1. The zero-order chi connectivity index (χ0) is 14.0. The number of aryl methyl sites for hydroxylation is 1. The molecule has 0 atom stereocenters. The van der Waals surface area contributed by atoms with Crippen LogP contribution in [-0.4, -0.2) is 14.9 Å². The van der Waals surface area contributed by atoms with Gasteiger partial charge in [0.15, 0.2) is 0 Å². The Balaban J connectivity index is 2.31. The van der Waals surface area contributed by atoms with Crippen molar-refractivity contribution < 1.29 is 9.66 Å². The van der Waals surface area contributed by atoms with Gasteiger partial charge in [-0.2, -0.15) is 4.98 Å². The number of nitro groups is 1. The van der Waals surface area contributed by atoms with Crippen LogP contribution >= 0.6 is 23.2 Å². The standard InChI is InChI=1S/C11H7Cl2N3O3/c1-6-5-14-11(13)15-10(6)19-7-2-3-9(16(17)18)8(12)4-7/h2-5H,1H3. The van der Waals surface area contributed by atoms with Crippen molar-refractivity contribution >= 4 is 28.9 Å². The molecule has 0 aliphatic heterocycles. The van der Waals surface area contributed by atoms with Crippen molar-refractivity contribution in [3.8, 4) is 11.6 Å². The van der Waals surface area contributed by atoms with Gasteiger partial charge in [-0.25, -0.2) is 4.98 Å². The SMILES string of the molecule is Cc1cnc(Cl)nc1Oc1ccc([N+](=O)[O-])c(Cl)c1. The third-order valence-corrected chi connectivity index (χ3v) is 2.71. The molecule has 2 aromatic rings. The molecule has 0 spiro atoms. The van der Waals surface area contributed by atoms with Gasteiger partial charge in [0.1, 0.15) is 10.8 Å². The zero-order valence-electron chi connectivity index (χ0n) is 9.63. The minimum Gasteiger partial charge on any atom is -0.439 e. The molecule has 19 heavy (non-hydrogen) atoms. The predicted molar refractivity (Wildman–Crippen MR) is 70.0 cm³/mol. The fourth-order valence-electron chi connectivity index (χ4n) is 1.32. The molecule has 0 aliphatic rings. The highest BCUT2D eigenvalue weighted by Crippen LogP contribution is 2.31. The molecule has 1 aromatic heterocycles. The van der Waals surface area contributed by atoms with Gasteiger partial charge in [-0.1, -0.05) is 11.6 Å². The van der Waals surface area contributed by atoms with Gasteiger partial charge < -0.3 is 4.74 Å². The summed E-state index contributed by atoms with van der Waals surface area (Å²) in [5.74, 6) is 0.596. The first-order valence-corrected chi connectivity index (χ1v) is 5.84. The summed E-state index contributed by atoms with van der Waals surface area (Å²) < 4.78 is 5.46. The number of nitro benzene ring substituents is 1. The van der Waals surface area contributed by atoms with Crippen molar-refractivity contribution in [2.24, 2.45) is 0 Å². The van der Waals surface area contributed by atoms with Crippen LogP contribution in [0.1, 0.15) is 5.56 Å². The van der Waals surface area contributed by atoms with Gasteiger partial charge in [-0.05, 0) is 24.6 Å². The largest absolute Gasteiger partial charge is 0.439 e. The van der Waals surface area contributed by atoms with E-state index in [1.165, 1.54) is 24.4 Å². The Morgan fingerprint density at radius 2 is 2.11 bits per heavy atom. The van der Waals surface area contributed by atoms with E-state index < -0.39 is 4.92 Å². The summed E-state index contributed by atoms with van der Waals surface area (Å²) >= 11 is 11.4. The summed E-state index contributed by atoms with van der Waals surface area (Å²) in [5.41, 5.74) is 0.491. The Morgan fingerprint density at radius 3 is 2.74 bits per heavy atom. The molecule has 0 saturated carbocycles. The van der Waals surface area contributed by atoms with E-state index >= 15 is 0 Å². The topological polar surface area (TPSA) is 78.2 Å². The molecule has 0 aliphatic carbocycles. The van der Waals surface area contributed by atoms with Crippen LogP contribution in [0.4, 0.5) is 5.69 Å². The first kappa shape index (κ1) is 13.5. The lowest BCUT2D eigenvalue weighted by Crippen LogP contribution is -1.94. The first-order valence-electron chi connectivity index (χ1n) is 5.08. The van der Waals surface area contributed by atoms with Crippen LogP contribution in [0.2, 0.25) is 10.3 Å². The van der Waals surface area contributed by atoms with Crippen molar-refractivity contribution in [3.05, 3.63) is 50.4 Å². The molecule has 0 amide bonds. The van der Waals surface area contributed by atoms with Crippen molar-refractivity contribution in [1.29, 1.82) is 0 Å². The summed E-state index contributed by atoms with van der Waals surface area (Å²) in [6, 6.07) is 4.03. The number of benzene rings is 1. The molecule has 0 fully saturated rings. The van der Waals surface area contributed by atoms with E-state index in [0.717, 1.165) is 0 Å². The van der Waals surface area contributed by atoms with Crippen molar-refractivity contribution in [3.63, 3.8) is 0 Å². The Hall–Kier alpha value is -1.92.